The number of hydrogen-bond acceptors (Lipinski definition) is 2. The molecule has 0 N–H and O–H groups in total. The van der Waals surface area contributed by atoms with Gasteiger partial charge in [0.1, 0.15) is 17.6 Å². The average molecular weight is 300 g/mol. The summed E-state index contributed by atoms with van der Waals surface area (Å²) in [7, 11) is 0. The number of halogens is 1. The topological polar surface area (TPSA) is 33.0 Å². The van der Waals surface area contributed by atoms with Crippen LogP contribution in [0.25, 0.3) is 0 Å². The van der Waals surface area contributed by atoms with Crippen molar-refractivity contribution in [3.05, 3.63) is 58.6 Å². The molecule has 3 heteroatoms. The molecule has 0 atom stereocenters. The minimum atomic E-state index is 0.149. The van der Waals surface area contributed by atoms with Crippen LogP contribution >= 0.6 is 11.6 Å². The zero-order valence-corrected chi connectivity index (χ0v) is 13.2. The molecule has 2 aromatic rings. The van der Waals surface area contributed by atoms with E-state index in [1.807, 2.05) is 12.1 Å². The van der Waals surface area contributed by atoms with Crippen LogP contribution in [-0.4, -0.2) is 0 Å². The second-order valence-electron chi connectivity index (χ2n) is 5.62. The summed E-state index contributed by atoms with van der Waals surface area (Å²) in [6, 6.07) is 15.1. The first-order valence-corrected chi connectivity index (χ1v) is 7.32. The molecule has 0 unspecified atom stereocenters. The van der Waals surface area contributed by atoms with E-state index < -0.39 is 0 Å². The summed E-state index contributed by atoms with van der Waals surface area (Å²) >= 11 is 5.88. The Morgan fingerprint density at radius 1 is 1.14 bits per heavy atom. The van der Waals surface area contributed by atoms with Gasteiger partial charge in [-0.05, 0) is 47.7 Å². The van der Waals surface area contributed by atoms with Gasteiger partial charge in [0.25, 0.3) is 0 Å². The third kappa shape index (κ3) is 3.56. The largest absolute Gasteiger partial charge is 0.456 e. The lowest BCUT2D eigenvalue weighted by Crippen LogP contribution is -2.14. The molecule has 0 aliphatic rings. The highest BCUT2D eigenvalue weighted by atomic mass is 35.5. The summed E-state index contributed by atoms with van der Waals surface area (Å²) in [4.78, 5) is 0. The first kappa shape index (κ1) is 15.4. The molecule has 2 rings (SSSR count). The molecular weight excluding hydrogens is 282 g/mol. The second kappa shape index (κ2) is 6.20. The fourth-order valence-corrected chi connectivity index (χ4v) is 2.16. The van der Waals surface area contributed by atoms with Gasteiger partial charge >= 0.3 is 0 Å². The van der Waals surface area contributed by atoms with E-state index in [9.17, 15) is 0 Å². The smallest absolute Gasteiger partial charge is 0.145 e. The summed E-state index contributed by atoms with van der Waals surface area (Å²) in [6.45, 7) is 6.61. The predicted molar refractivity (Wildman–Crippen MR) is 86.0 cm³/mol. The van der Waals surface area contributed by atoms with Gasteiger partial charge < -0.3 is 4.74 Å². The third-order valence-corrected chi connectivity index (χ3v) is 4.04. The van der Waals surface area contributed by atoms with Crippen molar-refractivity contribution in [1.29, 1.82) is 5.26 Å². The molecule has 0 aromatic heterocycles. The average Bonchev–Trinajstić information content (AvgIpc) is 2.49. The summed E-state index contributed by atoms with van der Waals surface area (Å²) in [5.41, 5.74) is 1.85. The lowest BCUT2D eigenvalue weighted by molar-refractivity contribution is 0.477. The second-order valence-corrected chi connectivity index (χ2v) is 6.05. The number of benzene rings is 2. The van der Waals surface area contributed by atoms with Gasteiger partial charge in [-0.1, -0.05) is 44.5 Å². The van der Waals surface area contributed by atoms with Gasteiger partial charge in [-0.15, -0.1) is 0 Å². The molecular formula is C18H18ClNO. The zero-order chi connectivity index (χ0) is 15.5. The number of ether oxygens (including phenoxy) is 1. The van der Waals surface area contributed by atoms with E-state index >= 15 is 0 Å². The Hall–Kier alpha value is -1.98. The van der Waals surface area contributed by atoms with Crippen LogP contribution in [-0.2, 0) is 5.41 Å². The highest BCUT2D eigenvalue weighted by Gasteiger charge is 2.17. The highest BCUT2D eigenvalue weighted by Crippen LogP contribution is 2.31. The number of hydrogen-bond donors (Lipinski definition) is 0. The maximum Gasteiger partial charge on any atom is 0.145 e. The molecule has 0 aliphatic carbocycles. The van der Waals surface area contributed by atoms with Gasteiger partial charge in [0, 0.05) is 5.02 Å². The maximum atomic E-state index is 9.11. The Kier molecular flexibility index (Phi) is 4.55. The number of nitrogens with zero attached hydrogens (tertiary/aromatic N) is 1. The van der Waals surface area contributed by atoms with Crippen LogP contribution in [0.15, 0.2) is 42.5 Å². The Labute approximate surface area is 130 Å². The monoisotopic (exact) mass is 299 g/mol. The van der Waals surface area contributed by atoms with Crippen LogP contribution < -0.4 is 4.74 Å². The molecule has 21 heavy (non-hydrogen) atoms. The Morgan fingerprint density at radius 3 is 2.38 bits per heavy atom. The lowest BCUT2D eigenvalue weighted by atomic mass is 9.82. The normalized spacial score (nSPS) is 11.0. The molecule has 0 bridgehead atoms. The molecule has 0 radical (unpaired) electrons. The van der Waals surface area contributed by atoms with Gasteiger partial charge in [0.2, 0.25) is 0 Å². The molecule has 2 nitrogen and oxygen atoms in total. The molecule has 0 saturated heterocycles. The minimum absolute atomic E-state index is 0.149. The summed E-state index contributed by atoms with van der Waals surface area (Å²) < 4.78 is 5.78. The van der Waals surface area contributed by atoms with Gasteiger partial charge in [0.15, 0.2) is 0 Å². The SMILES string of the molecule is CCC(C)(C)c1ccc(Oc2ccc(Cl)cc2C#N)cc1. The fraction of sp³-hybridized carbons (Fsp3) is 0.278. The van der Waals surface area contributed by atoms with Crippen LogP contribution in [0.2, 0.25) is 5.02 Å². The molecule has 0 spiro atoms. The molecule has 0 heterocycles. The van der Waals surface area contributed by atoms with Gasteiger partial charge in [-0.2, -0.15) is 5.26 Å². The van der Waals surface area contributed by atoms with Crippen molar-refractivity contribution in [2.75, 3.05) is 0 Å². The van der Waals surface area contributed by atoms with Crippen molar-refractivity contribution < 1.29 is 4.74 Å². The lowest BCUT2D eigenvalue weighted by Gasteiger charge is -2.23. The molecule has 0 amide bonds. The van der Waals surface area contributed by atoms with Crippen molar-refractivity contribution in [2.24, 2.45) is 0 Å². The van der Waals surface area contributed by atoms with Crippen molar-refractivity contribution in [3.63, 3.8) is 0 Å². The summed E-state index contributed by atoms with van der Waals surface area (Å²) in [5.74, 6) is 1.23. The van der Waals surface area contributed by atoms with Gasteiger partial charge in [-0.3, -0.25) is 0 Å². The minimum Gasteiger partial charge on any atom is -0.456 e. The van der Waals surface area contributed by atoms with Gasteiger partial charge in [-0.25, -0.2) is 0 Å². The van der Waals surface area contributed by atoms with Crippen molar-refractivity contribution in [3.8, 4) is 17.6 Å². The van der Waals surface area contributed by atoms with E-state index in [4.69, 9.17) is 21.6 Å². The van der Waals surface area contributed by atoms with E-state index in [1.54, 1.807) is 18.2 Å². The van der Waals surface area contributed by atoms with Crippen molar-refractivity contribution in [1.82, 2.24) is 0 Å². The van der Waals surface area contributed by atoms with E-state index in [1.165, 1.54) is 5.56 Å². The Morgan fingerprint density at radius 2 is 1.81 bits per heavy atom. The summed E-state index contributed by atoms with van der Waals surface area (Å²) in [5, 5.41) is 9.64. The van der Waals surface area contributed by atoms with E-state index in [2.05, 4.69) is 39.0 Å². The molecule has 0 aliphatic heterocycles. The van der Waals surface area contributed by atoms with Crippen molar-refractivity contribution >= 4 is 11.6 Å². The number of rotatable bonds is 4. The summed E-state index contributed by atoms with van der Waals surface area (Å²) in [6.07, 6.45) is 1.07. The van der Waals surface area contributed by atoms with E-state index in [0.717, 1.165) is 6.42 Å². The fourth-order valence-electron chi connectivity index (χ4n) is 1.98. The van der Waals surface area contributed by atoms with Crippen LogP contribution in [0.4, 0.5) is 0 Å². The maximum absolute atomic E-state index is 9.11. The van der Waals surface area contributed by atoms with Crippen LogP contribution in [0, 0.1) is 11.3 Å². The van der Waals surface area contributed by atoms with Gasteiger partial charge in [0.05, 0.1) is 5.56 Å². The highest BCUT2D eigenvalue weighted by molar-refractivity contribution is 6.30. The standard InChI is InChI=1S/C18H18ClNO/c1-4-18(2,3)14-5-8-16(9-6-14)21-17-10-7-15(19)11-13(17)12-20/h5-11H,4H2,1-3H3. The van der Waals surface area contributed by atoms with E-state index in [0.29, 0.717) is 22.1 Å². The Bertz CT molecular complexity index is 669. The van der Waals surface area contributed by atoms with Crippen molar-refractivity contribution in [2.45, 2.75) is 32.6 Å². The van der Waals surface area contributed by atoms with E-state index in [-0.39, 0.29) is 5.41 Å². The molecule has 2 aromatic carbocycles. The molecule has 0 fully saturated rings. The molecule has 0 saturated carbocycles. The quantitative estimate of drug-likeness (QED) is 0.726. The van der Waals surface area contributed by atoms with Crippen LogP contribution in [0.3, 0.4) is 0 Å². The van der Waals surface area contributed by atoms with Crippen LogP contribution in [0.1, 0.15) is 38.3 Å². The first-order valence-electron chi connectivity index (χ1n) is 6.94. The third-order valence-electron chi connectivity index (χ3n) is 3.81. The zero-order valence-electron chi connectivity index (χ0n) is 12.5. The van der Waals surface area contributed by atoms with Crippen LogP contribution in [0.5, 0.6) is 11.5 Å². The first-order chi connectivity index (χ1) is 9.96. The molecule has 108 valence electrons. The predicted octanol–water partition coefficient (Wildman–Crippen LogP) is 5.69. The Balaban J connectivity index is 2.24. The number of nitriles is 1.